The maximum absolute atomic E-state index is 8.77. The Kier molecular flexibility index (Phi) is 7.88. The largest absolute Gasteiger partial charge is 0.185 e. The molecule has 0 saturated carbocycles. The fourth-order valence-electron chi connectivity index (χ4n) is 1.36. The van der Waals surface area contributed by atoms with Crippen molar-refractivity contribution in [2.45, 2.75) is 9.16 Å². The van der Waals surface area contributed by atoms with Gasteiger partial charge in [0, 0.05) is 0 Å². The molecule has 0 amide bonds. The number of benzene rings is 1. The molecule has 4 nitrogen and oxygen atoms in total. The van der Waals surface area contributed by atoms with E-state index in [1.165, 1.54) is 0 Å². The molecule has 0 N–H and O–H groups in total. The zero-order valence-electron chi connectivity index (χ0n) is 9.89. The first-order valence-electron chi connectivity index (χ1n) is 5.05. The van der Waals surface area contributed by atoms with E-state index in [9.17, 15) is 0 Å². The highest BCUT2D eigenvalue weighted by atomic mass is 32.2. The number of rotatable bonds is 6. The summed E-state index contributed by atoms with van der Waals surface area (Å²) in [5, 5.41) is 43.0. The molecule has 0 aliphatic rings. The minimum absolute atomic E-state index is 0.301. The van der Waals surface area contributed by atoms with Gasteiger partial charge in [0.25, 0.3) is 0 Å². The van der Waals surface area contributed by atoms with E-state index in [-0.39, 0.29) is 9.16 Å². The van der Waals surface area contributed by atoms with Crippen molar-refractivity contribution in [1.29, 1.82) is 21.0 Å². The van der Waals surface area contributed by atoms with Crippen LogP contribution in [0, 0.1) is 42.7 Å². The fraction of sp³-hybridized carbons (Fsp3) is 0.167. The fourth-order valence-corrected chi connectivity index (χ4v) is 3.78. The number of hydrogen-bond donors (Lipinski definition) is 0. The van der Waals surface area contributed by atoms with E-state index in [0.717, 1.165) is 58.2 Å². The lowest BCUT2D eigenvalue weighted by molar-refractivity contribution is 1.30. The summed E-state index contributed by atoms with van der Waals surface area (Å²) in [6.45, 7) is 0. The van der Waals surface area contributed by atoms with Gasteiger partial charge in [-0.1, -0.05) is 24.3 Å². The average molecular weight is 334 g/mol. The maximum atomic E-state index is 8.77. The van der Waals surface area contributed by atoms with Gasteiger partial charge in [0.05, 0.1) is 0 Å². The molecule has 1 rings (SSSR count). The Hall–Kier alpha value is -1.42. The van der Waals surface area contributed by atoms with E-state index in [1.807, 2.05) is 39.8 Å². The lowest BCUT2D eigenvalue weighted by Crippen LogP contribution is -1.92. The van der Waals surface area contributed by atoms with Gasteiger partial charge in [-0.2, -0.15) is 21.0 Å². The molecule has 20 heavy (non-hydrogen) atoms. The number of nitrogens with zero attached hydrogens (tertiary/aromatic N) is 4. The first-order chi connectivity index (χ1) is 9.76. The molecule has 0 unspecified atom stereocenters. The van der Waals surface area contributed by atoms with Crippen molar-refractivity contribution in [2.75, 3.05) is 0 Å². The molecule has 0 aliphatic heterocycles. The van der Waals surface area contributed by atoms with Crippen LogP contribution in [0.3, 0.4) is 0 Å². The topological polar surface area (TPSA) is 95.2 Å². The van der Waals surface area contributed by atoms with Crippen molar-refractivity contribution in [3.63, 3.8) is 0 Å². The number of nitriles is 4. The van der Waals surface area contributed by atoms with Crippen LogP contribution in [0.2, 0.25) is 0 Å². The standard InChI is InChI=1S/C12H6N4S4/c13-5-17-11(18-6-14)9-2-1-3-10(4-9)12(19-7-15)20-8-16/h1-4,11-12H. The molecule has 1 aromatic rings. The molecule has 0 radical (unpaired) electrons. The second kappa shape index (κ2) is 9.48. The number of thioether (sulfide) groups is 4. The summed E-state index contributed by atoms with van der Waals surface area (Å²) in [7, 11) is 0. The van der Waals surface area contributed by atoms with Crippen molar-refractivity contribution >= 4 is 47.0 Å². The smallest absolute Gasteiger partial charge is 0.134 e. The number of thiocyanates is 4. The molecule has 0 aliphatic carbocycles. The van der Waals surface area contributed by atoms with E-state index < -0.39 is 0 Å². The Labute approximate surface area is 134 Å². The van der Waals surface area contributed by atoms with Crippen LogP contribution in [0.25, 0.3) is 0 Å². The SMILES string of the molecule is N#CSC(SC#N)c1cccc(C(SC#N)SC#N)c1. The first kappa shape index (κ1) is 16.6. The van der Waals surface area contributed by atoms with Gasteiger partial charge in [-0.05, 0) is 58.2 Å². The minimum atomic E-state index is -0.301. The molecule has 0 atom stereocenters. The van der Waals surface area contributed by atoms with Gasteiger partial charge in [-0.3, -0.25) is 0 Å². The molecular weight excluding hydrogens is 328 g/mol. The molecule has 8 heteroatoms. The van der Waals surface area contributed by atoms with Gasteiger partial charge in [0.1, 0.15) is 30.8 Å². The van der Waals surface area contributed by atoms with E-state index >= 15 is 0 Å². The van der Waals surface area contributed by atoms with Gasteiger partial charge in [0.2, 0.25) is 0 Å². The zero-order valence-corrected chi connectivity index (χ0v) is 13.2. The highest BCUT2D eigenvalue weighted by molar-refractivity contribution is 8.20. The predicted molar refractivity (Wildman–Crippen MR) is 84.7 cm³/mol. The van der Waals surface area contributed by atoms with E-state index in [0.29, 0.717) is 0 Å². The Morgan fingerprint density at radius 2 is 1.05 bits per heavy atom. The Morgan fingerprint density at radius 3 is 1.35 bits per heavy atom. The molecule has 0 heterocycles. The van der Waals surface area contributed by atoms with Crippen molar-refractivity contribution in [3.8, 4) is 21.6 Å². The minimum Gasteiger partial charge on any atom is -0.185 e. The van der Waals surface area contributed by atoms with Crippen LogP contribution >= 0.6 is 47.0 Å². The quantitative estimate of drug-likeness (QED) is 0.552. The van der Waals surface area contributed by atoms with Crippen molar-refractivity contribution in [1.82, 2.24) is 0 Å². The summed E-state index contributed by atoms with van der Waals surface area (Å²) >= 11 is 4.01. The third kappa shape index (κ3) is 4.93. The maximum Gasteiger partial charge on any atom is 0.134 e. The second-order valence-electron chi connectivity index (χ2n) is 3.17. The van der Waals surface area contributed by atoms with Crippen molar-refractivity contribution in [3.05, 3.63) is 35.4 Å². The molecule has 0 bridgehead atoms. The highest BCUT2D eigenvalue weighted by Crippen LogP contribution is 2.42. The summed E-state index contributed by atoms with van der Waals surface area (Å²) in [5.74, 6) is 0. The third-order valence-corrected chi connectivity index (χ3v) is 5.62. The van der Waals surface area contributed by atoms with Crippen LogP contribution in [-0.2, 0) is 0 Å². The monoisotopic (exact) mass is 334 g/mol. The lowest BCUT2D eigenvalue weighted by atomic mass is 10.1. The zero-order chi connectivity index (χ0) is 14.8. The molecule has 0 aromatic heterocycles. The second-order valence-corrected chi connectivity index (χ2v) is 7.33. The molecule has 0 saturated heterocycles. The highest BCUT2D eigenvalue weighted by Gasteiger charge is 2.17. The average Bonchev–Trinajstić information content (AvgIpc) is 2.47. The van der Waals surface area contributed by atoms with Gasteiger partial charge >= 0.3 is 0 Å². The van der Waals surface area contributed by atoms with E-state index in [2.05, 4.69) is 0 Å². The summed E-state index contributed by atoms with van der Waals surface area (Å²) in [4.78, 5) is 0. The van der Waals surface area contributed by atoms with Crippen LogP contribution < -0.4 is 0 Å². The molecule has 0 spiro atoms. The van der Waals surface area contributed by atoms with E-state index in [4.69, 9.17) is 21.0 Å². The Morgan fingerprint density at radius 1 is 0.700 bits per heavy atom. The predicted octanol–water partition coefficient (Wildman–Crippen LogP) is 4.54. The summed E-state index contributed by atoms with van der Waals surface area (Å²) in [6, 6.07) is 7.29. The summed E-state index contributed by atoms with van der Waals surface area (Å²) in [6.07, 6.45) is 0. The van der Waals surface area contributed by atoms with Crippen molar-refractivity contribution < 1.29 is 0 Å². The number of hydrogen-bond acceptors (Lipinski definition) is 8. The van der Waals surface area contributed by atoms with Crippen LogP contribution in [-0.4, -0.2) is 0 Å². The van der Waals surface area contributed by atoms with Gasteiger partial charge in [0.15, 0.2) is 0 Å². The third-order valence-electron chi connectivity index (χ3n) is 2.09. The Balaban J connectivity index is 3.05. The molecule has 98 valence electrons. The van der Waals surface area contributed by atoms with Crippen LogP contribution in [0.1, 0.15) is 20.3 Å². The van der Waals surface area contributed by atoms with Crippen molar-refractivity contribution in [2.24, 2.45) is 0 Å². The Bertz CT molecular complexity index is 537. The molecule has 1 aromatic carbocycles. The normalized spacial score (nSPS) is 9.50. The van der Waals surface area contributed by atoms with Crippen LogP contribution in [0.15, 0.2) is 24.3 Å². The molecule has 0 fully saturated rings. The van der Waals surface area contributed by atoms with Gasteiger partial charge in [-0.25, -0.2) is 0 Å². The van der Waals surface area contributed by atoms with E-state index in [1.54, 1.807) is 6.07 Å². The summed E-state index contributed by atoms with van der Waals surface area (Å²) in [5.41, 5.74) is 1.64. The molecular formula is C12H6N4S4. The van der Waals surface area contributed by atoms with Crippen LogP contribution in [0.5, 0.6) is 0 Å². The van der Waals surface area contributed by atoms with Gasteiger partial charge < -0.3 is 0 Å². The van der Waals surface area contributed by atoms with Crippen LogP contribution in [0.4, 0.5) is 0 Å². The summed E-state index contributed by atoms with van der Waals surface area (Å²) < 4.78 is -0.602. The van der Waals surface area contributed by atoms with Gasteiger partial charge in [-0.15, -0.1) is 0 Å². The lowest BCUT2D eigenvalue weighted by Gasteiger charge is -2.13. The first-order valence-corrected chi connectivity index (χ1v) is 8.57.